The van der Waals surface area contributed by atoms with Crippen LogP contribution in [0, 0.1) is 0 Å². The van der Waals surface area contributed by atoms with Crippen molar-refractivity contribution in [1.82, 2.24) is 14.6 Å². The molecule has 1 aromatic rings. The fourth-order valence-corrected chi connectivity index (χ4v) is 1.41. The van der Waals surface area contributed by atoms with Crippen molar-refractivity contribution in [2.45, 2.75) is 12.8 Å². The average molecular weight is 195 g/mol. The maximum Gasteiger partial charge on any atom is 0.297 e. The number of hydrogen-bond acceptors (Lipinski definition) is 3. The van der Waals surface area contributed by atoms with Crippen molar-refractivity contribution >= 4 is 5.91 Å². The number of carbonyl (C=O) groups is 1. The molecule has 0 atom stereocenters. The molecule has 2 heterocycles. The van der Waals surface area contributed by atoms with Crippen LogP contribution in [0.2, 0.25) is 0 Å². The van der Waals surface area contributed by atoms with Gasteiger partial charge in [-0.1, -0.05) is 0 Å². The van der Waals surface area contributed by atoms with E-state index in [0.29, 0.717) is 18.8 Å². The third-order valence-electron chi connectivity index (χ3n) is 2.15. The standard InChI is InChI=1S/C9H13N3O2/c1-11-6-8(10-7-11)9(13)12-4-2-3-5-14-12/h6-7H,2-5H2,1H3. The van der Waals surface area contributed by atoms with Gasteiger partial charge in [0.2, 0.25) is 0 Å². The van der Waals surface area contributed by atoms with Gasteiger partial charge in [0.05, 0.1) is 12.9 Å². The smallest absolute Gasteiger partial charge is 0.297 e. The third-order valence-corrected chi connectivity index (χ3v) is 2.15. The summed E-state index contributed by atoms with van der Waals surface area (Å²) in [5.74, 6) is -0.148. The fraction of sp³-hybridized carbons (Fsp3) is 0.556. The van der Waals surface area contributed by atoms with Gasteiger partial charge in [0.25, 0.3) is 5.91 Å². The molecule has 76 valence electrons. The lowest BCUT2D eigenvalue weighted by Gasteiger charge is -2.24. The Labute approximate surface area is 82.2 Å². The molecule has 5 heteroatoms. The molecule has 14 heavy (non-hydrogen) atoms. The number of aryl methyl sites for hydroxylation is 1. The van der Waals surface area contributed by atoms with Gasteiger partial charge in [0.15, 0.2) is 0 Å². The SMILES string of the molecule is Cn1cnc(C(=O)N2CCCCO2)c1. The van der Waals surface area contributed by atoms with E-state index in [0.717, 1.165) is 12.8 Å². The first-order valence-corrected chi connectivity index (χ1v) is 4.70. The Morgan fingerprint density at radius 1 is 1.57 bits per heavy atom. The monoisotopic (exact) mass is 195 g/mol. The Kier molecular flexibility index (Phi) is 2.49. The summed E-state index contributed by atoms with van der Waals surface area (Å²) in [4.78, 5) is 21.0. The Bertz CT molecular complexity index is 329. The van der Waals surface area contributed by atoms with Gasteiger partial charge < -0.3 is 4.57 Å². The number of hydrogen-bond donors (Lipinski definition) is 0. The van der Waals surface area contributed by atoms with Crippen LogP contribution >= 0.6 is 0 Å². The lowest BCUT2D eigenvalue weighted by molar-refractivity contribution is -0.144. The van der Waals surface area contributed by atoms with Gasteiger partial charge in [0, 0.05) is 19.8 Å². The van der Waals surface area contributed by atoms with Crippen LogP contribution in [0.15, 0.2) is 12.5 Å². The van der Waals surface area contributed by atoms with Gasteiger partial charge in [-0.2, -0.15) is 0 Å². The number of aromatic nitrogens is 2. The highest BCUT2D eigenvalue weighted by Gasteiger charge is 2.20. The van der Waals surface area contributed by atoms with Gasteiger partial charge in [0.1, 0.15) is 5.69 Å². The zero-order chi connectivity index (χ0) is 9.97. The summed E-state index contributed by atoms with van der Waals surface area (Å²) < 4.78 is 1.75. The topological polar surface area (TPSA) is 47.4 Å². The molecule has 1 aliphatic rings. The summed E-state index contributed by atoms with van der Waals surface area (Å²) in [6, 6.07) is 0. The van der Waals surface area contributed by atoms with Gasteiger partial charge in [-0.15, -0.1) is 0 Å². The molecule has 2 rings (SSSR count). The minimum Gasteiger partial charge on any atom is -0.340 e. The summed E-state index contributed by atoms with van der Waals surface area (Å²) in [5.41, 5.74) is 0.439. The van der Waals surface area contributed by atoms with Gasteiger partial charge in [-0.05, 0) is 12.8 Å². The van der Waals surface area contributed by atoms with Gasteiger partial charge >= 0.3 is 0 Å². The summed E-state index contributed by atoms with van der Waals surface area (Å²) in [6.45, 7) is 1.29. The highest BCUT2D eigenvalue weighted by molar-refractivity contribution is 5.91. The number of nitrogens with zero attached hydrogens (tertiary/aromatic N) is 3. The quantitative estimate of drug-likeness (QED) is 0.658. The van der Waals surface area contributed by atoms with Crippen LogP contribution in [0.3, 0.4) is 0 Å². The Morgan fingerprint density at radius 3 is 3.00 bits per heavy atom. The first-order chi connectivity index (χ1) is 6.77. The molecule has 0 radical (unpaired) electrons. The molecule has 1 saturated heterocycles. The van der Waals surface area contributed by atoms with Crippen molar-refractivity contribution < 1.29 is 9.63 Å². The van der Waals surface area contributed by atoms with E-state index in [4.69, 9.17) is 4.84 Å². The van der Waals surface area contributed by atoms with Crippen LogP contribution in [0.25, 0.3) is 0 Å². The minimum atomic E-state index is -0.148. The van der Waals surface area contributed by atoms with Gasteiger partial charge in [-0.3, -0.25) is 9.63 Å². The predicted octanol–water partition coefficient (Wildman–Crippen LogP) is 0.588. The first-order valence-electron chi connectivity index (χ1n) is 4.70. The maximum atomic E-state index is 11.7. The average Bonchev–Trinajstić information content (AvgIpc) is 2.65. The Morgan fingerprint density at radius 2 is 2.43 bits per heavy atom. The van der Waals surface area contributed by atoms with E-state index < -0.39 is 0 Å². The molecule has 1 aromatic heterocycles. The van der Waals surface area contributed by atoms with E-state index in [1.807, 2.05) is 7.05 Å². The molecule has 0 aromatic carbocycles. The molecule has 0 bridgehead atoms. The minimum absolute atomic E-state index is 0.148. The zero-order valence-electron chi connectivity index (χ0n) is 8.14. The largest absolute Gasteiger partial charge is 0.340 e. The molecule has 0 saturated carbocycles. The van der Waals surface area contributed by atoms with Crippen LogP contribution in [0.1, 0.15) is 23.3 Å². The van der Waals surface area contributed by atoms with Crippen LogP contribution in [-0.2, 0) is 11.9 Å². The lowest BCUT2D eigenvalue weighted by atomic mass is 10.3. The highest BCUT2D eigenvalue weighted by atomic mass is 16.7. The lowest BCUT2D eigenvalue weighted by Crippen LogP contribution is -2.35. The molecule has 0 aliphatic carbocycles. The Hall–Kier alpha value is -1.36. The molecule has 5 nitrogen and oxygen atoms in total. The fourth-order valence-electron chi connectivity index (χ4n) is 1.41. The summed E-state index contributed by atoms with van der Waals surface area (Å²) >= 11 is 0. The van der Waals surface area contributed by atoms with E-state index in [1.54, 1.807) is 17.1 Å². The van der Waals surface area contributed by atoms with E-state index in [-0.39, 0.29) is 5.91 Å². The normalized spacial score (nSPS) is 17.1. The number of hydroxylamine groups is 2. The highest BCUT2D eigenvalue weighted by Crippen LogP contribution is 2.09. The number of amides is 1. The number of imidazole rings is 1. The molecule has 0 N–H and O–H groups in total. The Balaban J connectivity index is 2.07. The molecule has 1 aliphatic heterocycles. The van der Waals surface area contributed by atoms with Crippen LogP contribution < -0.4 is 0 Å². The van der Waals surface area contributed by atoms with Crippen molar-refractivity contribution in [2.75, 3.05) is 13.2 Å². The van der Waals surface area contributed by atoms with Crippen LogP contribution in [0.5, 0.6) is 0 Å². The van der Waals surface area contributed by atoms with E-state index >= 15 is 0 Å². The van der Waals surface area contributed by atoms with Crippen molar-refractivity contribution in [1.29, 1.82) is 0 Å². The van der Waals surface area contributed by atoms with Gasteiger partial charge in [-0.25, -0.2) is 10.0 Å². The molecule has 0 unspecified atom stereocenters. The maximum absolute atomic E-state index is 11.7. The van der Waals surface area contributed by atoms with Crippen molar-refractivity contribution in [2.24, 2.45) is 7.05 Å². The van der Waals surface area contributed by atoms with E-state index in [9.17, 15) is 4.79 Å². The third kappa shape index (κ3) is 1.77. The summed E-state index contributed by atoms with van der Waals surface area (Å²) in [7, 11) is 1.83. The molecule has 1 amide bonds. The van der Waals surface area contributed by atoms with E-state index in [2.05, 4.69) is 4.98 Å². The van der Waals surface area contributed by atoms with E-state index in [1.165, 1.54) is 5.06 Å². The first kappa shape index (κ1) is 9.21. The molecule has 1 fully saturated rings. The zero-order valence-corrected chi connectivity index (χ0v) is 8.14. The molecular weight excluding hydrogens is 182 g/mol. The van der Waals surface area contributed by atoms with Crippen molar-refractivity contribution in [3.05, 3.63) is 18.2 Å². The second-order valence-electron chi connectivity index (χ2n) is 3.37. The second-order valence-corrected chi connectivity index (χ2v) is 3.37. The van der Waals surface area contributed by atoms with Crippen molar-refractivity contribution in [3.63, 3.8) is 0 Å². The number of rotatable bonds is 1. The van der Waals surface area contributed by atoms with Crippen molar-refractivity contribution in [3.8, 4) is 0 Å². The van der Waals surface area contributed by atoms with Crippen LogP contribution in [-0.4, -0.2) is 33.7 Å². The van der Waals surface area contributed by atoms with Crippen LogP contribution in [0.4, 0.5) is 0 Å². The second kappa shape index (κ2) is 3.79. The predicted molar refractivity (Wildman–Crippen MR) is 49.4 cm³/mol. The molecule has 0 spiro atoms. The summed E-state index contributed by atoms with van der Waals surface area (Å²) in [6.07, 6.45) is 5.32. The molecular formula is C9H13N3O2. The number of carbonyl (C=O) groups excluding carboxylic acids is 1. The summed E-state index contributed by atoms with van der Waals surface area (Å²) in [5, 5.41) is 1.39.